The van der Waals surface area contributed by atoms with Gasteiger partial charge in [0, 0.05) is 35.2 Å². The van der Waals surface area contributed by atoms with Crippen molar-refractivity contribution >= 4 is 45.3 Å². The predicted molar refractivity (Wildman–Crippen MR) is 137 cm³/mol. The van der Waals surface area contributed by atoms with Gasteiger partial charge in [-0.05, 0) is 55.3 Å². The molecular weight excluding hydrogens is 516 g/mol. The van der Waals surface area contributed by atoms with E-state index in [-0.39, 0.29) is 19.2 Å². The van der Waals surface area contributed by atoms with E-state index in [1.807, 2.05) is 19.1 Å². The third-order valence-electron chi connectivity index (χ3n) is 5.36. The molecule has 0 spiro atoms. The molecule has 0 bridgehead atoms. The Labute approximate surface area is 213 Å². The minimum absolute atomic E-state index is 0.0956. The van der Waals surface area contributed by atoms with Gasteiger partial charge in [0.05, 0.1) is 18.2 Å². The molecule has 0 saturated heterocycles. The fourth-order valence-electron chi connectivity index (χ4n) is 3.71. The molecule has 1 atom stereocenters. The summed E-state index contributed by atoms with van der Waals surface area (Å²) in [5.74, 6) is -0.531. The van der Waals surface area contributed by atoms with Gasteiger partial charge in [-0.1, -0.05) is 35.0 Å². The average molecular weight is 545 g/mol. The number of methoxy groups -OCH3 is 1. The zero-order valence-corrected chi connectivity index (χ0v) is 21.5. The molecule has 9 nitrogen and oxygen atoms in total. The molecule has 186 valence electrons. The Morgan fingerprint density at radius 3 is 2.49 bits per heavy atom. The number of amides is 4. The SMILES string of the molecule is CCCN1C(=O)NC(c2cccc(NC(=O)Nc3ccc(Br)cc3)c2)C(C(=O)OCCOC)=C1C. The zero-order valence-electron chi connectivity index (χ0n) is 19.9. The van der Waals surface area contributed by atoms with Crippen LogP contribution in [0.15, 0.2) is 64.3 Å². The van der Waals surface area contributed by atoms with E-state index in [2.05, 4.69) is 31.9 Å². The number of hydrogen-bond acceptors (Lipinski definition) is 5. The molecule has 1 heterocycles. The highest BCUT2D eigenvalue weighted by Gasteiger charge is 2.36. The van der Waals surface area contributed by atoms with Gasteiger partial charge in [-0.15, -0.1) is 0 Å². The summed E-state index contributed by atoms with van der Waals surface area (Å²) >= 11 is 3.36. The van der Waals surface area contributed by atoms with Crippen molar-refractivity contribution in [2.24, 2.45) is 0 Å². The Balaban J connectivity index is 1.84. The summed E-state index contributed by atoms with van der Waals surface area (Å²) in [6.07, 6.45) is 0.730. The van der Waals surface area contributed by atoms with Gasteiger partial charge in [0.15, 0.2) is 0 Å². The summed E-state index contributed by atoms with van der Waals surface area (Å²) < 4.78 is 11.3. The molecule has 2 aromatic rings. The minimum atomic E-state index is -0.734. The van der Waals surface area contributed by atoms with Crippen molar-refractivity contribution < 1.29 is 23.9 Å². The molecule has 0 saturated carbocycles. The summed E-state index contributed by atoms with van der Waals surface area (Å²) in [5, 5.41) is 8.46. The number of esters is 1. The first-order valence-electron chi connectivity index (χ1n) is 11.2. The van der Waals surface area contributed by atoms with Crippen LogP contribution < -0.4 is 16.0 Å². The van der Waals surface area contributed by atoms with E-state index in [1.165, 1.54) is 12.0 Å². The maximum atomic E-state index is 13.0. The van der Waals surface area contributed by atoms with E-state index in [0.717, 1.165) is 10.9 Å². The third kappa shape index (κ3) is 6.83. The van der Waals surface area contributed by atoms with Crippen LogP contribution in [0.4, 0.5) is 21.0 Å². The van der Waals surface area contributed by atoms with Crippen molar-refractivity contribution in [3.05, 3.63) is 69.8 Å². The van der Waals surface area contributed by atoms with Gasteiger partial charge in [-0.2, -0.15) is 0 Å². The van der Waals surface area contributed by atoms with Gasteiger partial charge >= 0.3 is 18.0 Å². The van der Waals surface area contributed by atoms with Gasteiger partial charge in [-0.3, -0.25) is 4.90 Å². The van der Waals surface area contributed by atoms with E-state index < -0.39 is 18.0 Å². The Morgan fingerprint density at radius 1 is 1.09 bits per heavy atom. The number of hydrogen-bond donors (Lipinski definition) is 3. The number of anilines is 2. The second-order valence-corrected chi connectivity index (χ2v) is 8.79. The summed E-state index contributed by atoms with van der Waals surface area (Å²) in [5.41, 5.74) is 2.65. The Kier molecular flexibility index (Phi) is 9.27. The minimum Gasteiger partial charge on any atom is -0.460 e. The van der Waals surface area contributed by atoms with E-state index >= 15 is 0 Å². The first kappa shape index (κ1) is 26.2. The summed E-state index contributed by atoms with van der Waals surface area (Å²) in [6, 6.07) is 12.7. The molecule has 0 aliphatic carbocycles. The van der Waals surface area contributed by atoms with Crippen LogP contribution in [0, 0.1) is 0 Å². The Bertz CT molecular complexity index is 1100. The molecule has 0 radical (unpaired) electrons. The van der Waals surface area contributed by atoms with Gasteiger partial charge in [0.25, 0.3) is 0 Å². The monoisotopic (exact) mass is 544 g/mol. The number of urea groups is 2. The average Bonchev–Trinajstić information content (AvgIpc) is 2.83. The maximum absolute atomic E-state index is 13.0. The van der Waals surface area contributed by atoms with Crippen molar-refractivity contribution in [2.75, 3.05) is 37.5 Å². The number of carbonyl (C=O) groups is 3. The van der Waals surface area contributed by atoms with Crippen molar-refractivity contribution in [2.45, 2.75) is 26.3 Å². The topological polar surface area (TPSA) is 109 Å². The second kappa shape index (κ2) is 12.4. The number of rotatable bonds is 9. The Morgan fingerprint density at radius 2 is 1.80 bits per heavy atom. The van der Waals surface area contributed by atoms with Crippen LogP contribution in [-0.2, 0) is 14.3 Å². The third-order valence-corrected chi connectivity index (χ3v) is 5.89. The second-order valence-electron chi connectivity index (χ2n) is 7.87. The molecule has 3 N–H and O–H groups in total. The van der Waals surface area contributed by atoms with Crippen molar-refractivity contribution in [1.29, 1.82) is 0 Å². The number of halogens is 1. The highest BCUT2D eigenvalue weighted by atomic mass is 79.9. The molecule has 10 heteroatoms. The fraction of sp³-hybridized carbons (Fsp3) is 0.320. The molecule has 2 aromatic carbocycles. The highest BCUT2D eigenvalue weighted by molar-refractivity contribution is 9.10. The molecular formula is C25H29BrN4O5. The van der Waals surface area contributed by atoms with Crippen LogP contribution in [0.3, 0.4) is 0 Å². The van der Waals surface area contributed by atoms with Gasteiger partial charge < -0.3 is 25.4 Å². The number of carbonyl (C=O) groups excluding carboxylic acids is 3. The van der Waals surface area contributed by atoms with E-state index in [0.29, 0.717) is 34.8 Å². The van der Waals surface area contributed by atoms with Crippen LogP contribution in [0.2, 0.25) is 0 Å². The normalized spacial score (nSPS) is 15.5. The predicted octanol–water partition coefficient (Wildman–Crippen LogP) is 5.03. The van der Waals surface area contributed by atoms with Crippen LogP contribution in [-0.4, -0.2) is 49.8 Å². The van der Waals surface area contributed by atoms with Crippen LogP contribution in [0.5, 0.6) is 0 Å². The molecule has 1 unspecified atom stereocenters. The first-order chi connectivity index (χ1) is 16.8. The van der Waals surface area contributed by atoms with Crippen molar-refractivity contribution in [3.63, 3.8) is 0 Å². The molecule has 3 rings (SSSR count). The number of nitrogens with zero attached hydrogens (tertiary/aromatic N) is 1. The van der Waals surface area contributed by atoms with Gasteiger partial charge in [-0.25, -0.2) is 14.4 Å². The molecule has 35 heavy (non-hydrogen) atoms. The summed E-state index contributed by atoms with van der Waals surface area (Å²) in [6.45, 7) is 4.52. The highest BCUT2D eigenvalue weighted by Crippen LogP contribution is 2.32. The molecule has 0 fully saturated rings. The quantitative estimate of drug-likeness (QED) is 0.303. The van der Waals surface area contributed by atoms with Crippen LogP contribution in [0.25, 0.3) is 0 Å². The lowest BCUT2D eigenvalue weighted by atomic mass is 9.94. The first-order valence-corrected chi connectivity index (χ1v) is 12.0. The van der Waals surface area contributed by atoms with Crippen LogP contribution in [0.1, 0.15) is 31.9 Å². The number of allylic oxidation sites excluding steroid dienone is 1. The van der Waals surface area contributed by atoms with Crippen LogP contribution >= 0.6 is 15.9 Å². The number of benzene rings is 2. The van der Waals surface area contributed by atoms with E-state index in [4.69, 9.17) is 9.47 Å². The molecule has 1 aliphatic heterocycles. The largest absolute Gasteiger partial charge is 0.460 e. The Hall–Kier alpha value is -3.37. The van der Waals surface area contributed by atoms with Crippen molar-refractivity contribution in [3.8, 4) is 0 Å². The van der Waals surface area contributed by atoms with Crippen molar-refractivity contribution in [1.82, 2.24) is 10.2 Å². The molecule has 1 aliphatic rings. The molecule has 4 amide bonds. The standard InChI is InChI=1S/C25H29BrN4O5/c1-4-12-30-16(2)21(23(31)35-14-13-34-3)22(29-25(30)33)17-6-5-7-20(15-17)28-24(32)27-19-10-8-18(26)9-11-19/h5-11,15,22H,4,12-14H2,1-3H3,(H,29,33)(H2,27,28,32). The maximum Gasteiger partial charge on any atom is 0.338 e. The number of nitrogens with one attached hydrogen (secondary N) is 3. The fourth-order valence-corrected chi connectivity index (χ4v) is 3.97. The summed E-state index contributed by atoms with van der Waals surface area (Å²) in [4.78, 5) is 39.9. The summed E-state index contributed by atoms with van der Waals surface area (Å²) in [7, 11) is 1.52. The van der Waals surface area contributed by atoms with E-state index in [1.54, 1.807) is 43.3 Å². The zero-order chi connectivity index (χ0) is 25.4. The lowest BCUT2D eigenvalue weighted by Gasteiger charge is -2.35. The van der Waals surface area contributed by atoms with Gasteiger partial charge in [0.1, 0.15) is 6.61 Å². The van der Waals surface area contributed by atoms with E-state index in [9.17, 15) is 14.4 Å². The smallest absolute Gasteiger partial charge is 0.338 e. The lowest BCUT2D eigenvalue weighted by molar-refractivity contribution is -0.140. The molecule has 0 aromatic heterocycles. The lowest BCUT2D eigenvalue weighted by Crippen LogP contribution is -2.48. The van der Waals surface area contributed by atoms with Gasteiger partial charge in [0.2, 0.25) is 0 Å². The number of ether oxygens (including phenoxy) is 2.